The van der Waals surface area contributed by atoms with Crippen molar-refractivity contribution in [3.05, 3.63) is 44.7 Å². The van der Waals surface area contributed by atoms with Gasteiger partial charge >= 0.3 is 0 Å². The molecule has 0 atom stereocenters. The summed E-state index contributed by atoms with van der Waals surface area (Å²) in [7, 11) is 0. The summed E-state index contributed by atoms with van der Waals surface area (Å²) in [5.74, 6) is 1.67. The zero-order valence-corrected chi connectivity index (χ0v) is 11.2. The molecule has 1 saturated heterocycles. The summed E-state index contributed by atoms with van der Waals surface area (Å²) in [5, 5.41) is 0.575. The molecule has 0 aromatic heterocycles. The van der Waals surface area contributed by atoms with E-state index in [1.807, 2.05) is 0 Å². The maximum Gasteiger partial charge on any atom is 0.197 e. The number of thioether (sulfide) groups is 2. The summed E-state index contributed by atoms with van der Waals surface area (Å²) in [4.78, 5) is 23.2. The van der Waals surface area contributed by atoms with Crippen molar-refractivity contribution >= 4 is 47.2 Å². The average molecular weight is 285 g/mol. The van der Waals surface area contributed by atoms with Crippen molar-refractivity contribution in [1.29, 1.82) is 0 Å². The number of aldehydes is 1. The van der Waals surface area contributed by atoms with Crippen LogP contribution in [0.5, 0.6) is 0 Å². The molecule has 1 fully saturated rings. The van der Waals surface area contributed by atoms with Gasteiger partial charge in [0.1, 0.15) is 0 Å². The third-order valence-corrected chi connectivity index (χ3v) is 5.24. The number of Topliss-reactive ketones (excluding diaryl/α,β-unsaturated/α-hetero) is 1. The van der Waals surface area contributed by atoms with Crippen molar-refractivity contribution in [3.8, 4) is 0 Å². The summed E-state index contributed by atoms with van der Waals surface area (Å²) < 4.78 is 0.833. The molecular weight excluding hydrogens is 276 g/mol. The second kappa shape index (κ2) is 5.76. The van der Waals surface area contributed by atoms with Crippen LogP contribution in [0.4, 0.5) is 0 Å². The number of carbonyl (C=O) groups is 2. The minimum absolute atomic E-state index is 0.228. The topological polar surface area (TPSA) is 34.1 Å². The highest BCUT2D eigenvalue weighted by molar-refractivity contribution is 8.25. The van der Waals surface area contributed by atoms with E-state index >= 15 is 0 Å². The maximum absolute atomic E-state index is 12.1. The average Bonchev–Trinajstić information content (AvgIpc) is 2.84. The summed E-state index contributed by atoms with van der Waals surface area (Å²) in [6.07, 6.45) is 0.650. The predicted octanol–water partition coefficient (Wildman–Crippen LogP) is 3.41. The van der Waals surface area contributed by atoms with Crippen LogP contribution in [0.15, 0.2) is 34.1 Å². The Morgan fingerprint density at radius 2 is 1.76 bits per heavy atom. The van der Waals surface area contributed by atoms with Crippen LogP contribution in [0.2, 0.25) is 5.02 Å². The number of ketones is 1. The van der Waals surface area contributed by atoms with Crippen LogP contribution in [0, 0.1) is 0 Å². The minimum atomic E-state index is -0.228. The lowest BCUT2D eigenvalue weighted by atomic mass is 10.1. The fourth-order valence-electron chi connectivity index (χ4n) is 1.42. The number of benzene rings is 1. The van der Waals surface area contributed by atoms with Gasteiger partial charge in [0.2, 0.25) is 0 Å². The normalized spacial score (nSPS) is 14.8. The van der Waals surface area contributed by atoms with E-state index in [4.69, 9.17) is 11.6 Å². The van der Waals surface area contributed by atoms with E-state index in [9.17, 15) is 9.59 Å². The highest BCUT2D eigenvalue weighted by atomic mass is 35.5. The third kappa shape index (κ3) is 2.94. The Morgan fingerprint density at radius 1 is 1.18 bits per heavy atom. The molecule has 0 aliphatic carbocycles. The monoisotopic (exact) mass is 284 g/mol. The van der Waals surface area contributed by atoms with Crippen LogP contribution in [-0.4, -0.2) is 23.6 Å². The van der Waals surface area contributed by atoms with Gasteiger partial charge in [-0.25, -0.2) is 0 Å². The molecule has 1 aliphatic heterocycles. The zero-order valence-electron chi connectivity index (χ0n) is 8.81. The van der Waals surface area contributed by atoms with E-state index in [1.54, 1.807) is 47.8 Å². The summed E-state index contributed by atoms with van der Waals surface area (Å²) in [5.41, 5.74) is 0.761. The van der Waals surface area contributed by atoms with Gasteiger partial charge in [-0.2, -0.15) is 0 Å². The molecule has 0 radical (unpaired) electrons. The van der Waals surface area contributed by atoms with Crippen LogP contribution in [-0.2, 0) is 4.79 Å². The van der Waals surface area contributed by atoms with E-state index in [-0.39, 0.29) is 11.4 Å². The van der Waals surface area contributed by atoms with Crippen LogP contribution in [0.1, 0.15) is 10.4 Å². The SMILES string of the molecule is O=CC(C(=O)c1ccc(Cl)cc1)=C1SCCS1. The van der Waals surface area contributed by atoms with Gasteiger partial charge in [-0.1, -0.05) is 11.6 Å². The molecular formula is C12H9ClO2S2. The molecule has 1 aromatic rings. The molecule has 2 nitrogen and oxygen atoms in total. The van der Waals surface area contributed by atoms with Crippen molar-refractivity contribution in [2.24, 2.45) is 0 Å². The van der Waals surface area contributed by atoms with Crippen LogP contribution < -0.4 is 0 Å². The summed E-state index contributed by atoms with van der Waals surface area (Å²) in [6.45, 7) is 0. The maximum atomic E-state index is 12.1. The van der Waals surface area contributed by atoms with Crippen molar-refractivity contribution < 1.29 is 9.59 Å². The Morgan fingerprint density at radius 3 is 2.29 bits per heavy atom. The second-order valence-electron chi connectivity index (χ2n) is 3.35. The first-order valence-corrected chi connectivity index (χ1v) is 7.32. The standard InChI is InChI=1S/C12H9ClO2S2/c13-9-3-1-8(2-4-9)11(15)10(7-14)12-16-5-6-17-12/h1-4,7H,5-6H2. The highest BCUT2D eigenvalue weighted by Crippen LogP contribution is 2.38. The van der Waals surface area contributed by atoms with E-state index in [0.29, 0.717) is 16.9 Å². The fourth-order valence-corrected chi connectivity index (χ4v) is 4.01. The molecule has 17 heavy (non-hydrogen) atoms. The van der Waals surface area contributed by atoms with Gasteiger partial charge in [-0.05, 0) is 24.3 Å². The lowest BCUT2D eigenvalue weighted by molar-refractivity contribution is -0.104. The van der Waals surface area contributed by atoms with E-state index in [1.165, 1.54) is 0 Å². The Labute approximate surface area is 113 Å². The molecule has 0 unspecified atom stereocenters. The van der Waals surface area contributed by atoms with Gasteiger partial charge in [0.15, 0.2) is 12.1 Å². The lowest BCUT2D eigenvalue weighted by Gasteiger charge is -2.03. The van der Waals surface area contributed by atoms with Gasteiger partial charge < -0.3 is 0 Å². The Balaban J connectivity index is 2.32. The Hall–Kier alpha value is -0.710. The number of carbonyl (C=O) groups excluding carboxylic acids is 2. The van der Waals surface area contributed by atoms with E-state index in [2.05, 4.69) is 0 Å². The second-order valence-corrected chi connectivity index (χ2v) is 6.26. The summed E-state index contributed by atoms with van der Waals surface area (Å²) in [6, 6.07) is 6.58. The molecule has 2 rings (SSSR count). The van der Waals surface area contributed by atoms with Crippen molar-refractivity contribution in [2.75, 3.05) is 11.5 Å². The first-order chi connectivity index (χ1) is 8.22. The largest absolute Gasteiger partial charge is 0.298 e. The first-order valence-electron chi connectivity index (χ1n) is 4.97. The molecule has 0 N–H and O–H groups in total. The van der Waals surface area contributed by atoms with Crippen molar-refractivity contribution in [1.82, 2.24) is 0 Å². The number of hydrogen-bond acceptors (Lipinski definition) is 4. The molecule has 1 aromatic carbocycles. The molecule has 88 valence electrons. The number of rotatable bonds is 3. The van der Waals surface area contributed by atoms with Crippen molar-refractivity contribution in [2.45, 2.75) is 0 Å². The Kier molecular flexibility index (Phi) is 4.31. The molecule has 1 heterocycles. The van der Waals surface area contributed by atoms with Gasteiger partial charge in [-0.15, -0.1) is 23.5 Å². The molecule has 5 heteroatoms. The number of allylic oxidation sites excluding steroid dienone is 1. The number of halogens is 1. The Bertz CT molecular complexity index is 472. The first kappa shape index (κ1) is 12.7. The van der Waals surface area contributed by atoms with Gasteiger partial charge in [0.05, 0.1) is 9.81 Å². The molecule has 1 aliphatic rings. The van der Waals surface area contributed by atoms with Crippen LogP contribution >= 0.6 is 35.1 Å². The van der Waals surface area contributed by atoms with Crippen LogP contribution in [0.25, 0.3) is 0 Å². The number of hydrogen-bond donors (Lipinski definition) is 0. The van der Waals surface area contributed by atoms with Crippen molar-refractivity contribution in [3.63, 3.8) is 0 Å². The van der Waals surface area contributed by atoms with E-state index in [0.717, 1.165) is 15.7 Å². The fraction of sp³-hybridized carbons (Fsp3) is 0.167. The molecule has 0 amide bonds. The molecule has 0 spiro atoms. The third-order valence-electron chi connectivity index (χ3n) is 2.24. The highest BCUT2D eigenvalue weighted by Gasteiger charge is 2.20. The smallest absolute Gasteiger partial charge is 0.197 e. The minimum Gasteiger partial charge on any atom is -0.298 e. The van der Waals surface area contributed by atoms with Gasteiger partial charge in [0.25, 0.3) is 0 Å². The van der Waals surface area contributed by atoms with Gasteiger partial charge in [-0.3, -0.25) is 9.59 Å². The van der Waals surface area contributed by atoms with Gasteiger partial charge in [0, 0.05) is 22.1 Å². The molecule has 0 saturated carbocycles. The van der Waals surface area contributed by atoms with E-state index < -0.39 is 0 Å². The van der Waals surface area contributed by atoms with Crippen LogP contribution in [0.3, 0.4) is 0 Å². The summed E-state index contributed by atoms with van der Waals surface area (Å²) >= 11 is 8.89. The lowest BCUT2D eigenvalue weighted by Crippen LogP contribution is -2.05. The predicted molar refractivity (Wildman–Crippen MR) is 73.8 cm³/mol. The zero-order chi connectivity index (χ0) is 12.3. The molecule has 0 bridgehead atoms. The quantitative estimate of drug-likeness (QED) is 0.280.